The predicted molar refractivity (Wildman–Crippen MR) is 24.1 cm³/mol. The van der Waals surface area contributed by atoms with E-state index >= 15 is 0 Å². The molecule has 3 N–H and O–H groups in total. The van der Waals surface area contributed by atoms with Crippen LogP contribution in [0.5, 0.6) is 0 Å². The molecule has 8 heteroatoms. The van der Waals surface area contributed by atoms with Crippen LogP contribution in [0.2, 0.25) is 0 Å². The van der Waals surface area contributed by atoms with Gasteiger partial charge in [0.15, 0.2) is 0 Å². The van der Waals surface area contributed by atoms with Crippen molar-refractivity contribution >= 4 is 24.4 Å². The summed E-state index contributed by atoms with van der Waals surface area (Å²) < 4.78 is 0. The first kappa shape index (κ1) is 16.1. The Morgan fingerprint density at radius 1 is 1.56 bits per heavy atom. The Morgan fingerprint density at radius 3 is 1.56 bits per heavy atom. The Bertz CT molecular complexity index is 61.2. The van der Waals surface area contributed by atoms with Gasteiger partial charge in [-0.25, -0.2) is 4.79 Å². The molecule has 0 bridgehead atoms. The molecule has 0 amide bonds. The molecule has 0 rings (SSSR count). The Kier molecular flexibility index (Phi) is 20.0. The van der Waals surface area contributed by atoms with Crippen LogP contribution in [0.25, 0.3) is 0 Å². The van der Waals surface area contributed by atoms with Gasteiger partial charge in [-0.1, -0.05) is 0 Å². The van der Waals surface area contributed by atoms with Crippen molar-refractivity contribution in [3.05, 3.63) is 0 Å². The van der Waals surface area contributed by atoms with Crippen molar-refractivity contribution in [1.29, 1.82) is 0 Å². The SMILES string of the molecule is O=C(O)Cl.[Li+].[O-]B(O)O. The molecular formula is CH3BClLiO5. The third-order valence-electron chi connectivity index (χ3n) is 0. The van der Waals surface area contributed by atoms with E-state index in [0.29, 0.717) is 0 Å². The summed E-state index contributed by atoms with van der Waals surface area (Å²) >= 11 is 4.19. The number of carboxylic acid groups (broad SMARTS) is 1. The zero-order chi connectivity index (χ0) is 7.15. The molecule has 0 aliphatic carbocycles. The van der Waals surface area contributed by atoms with E-state index in [1.807, 2.05) is 0 Å². The zero-order valence-corrected chi connectivity index (χ0v) is 5.37. The van der Waals surface area contributed by atoms with Crippen LogP contribution in [0.3, 0.4) is 0 Å². The van der Waals surface area contributed by atoms with E-state index in [1.165, 1.54) is 0 Å². The van der Waals surface area contributed by atoms with E-state index in [9.17, 15) is 0 Å². The van der Waals surface area contributed by atoms with Crippen LogP contribution in [-0.4, -0.2) is 27.9 Å². The smallest absolute Gasteiger partial charge is 0.832 e. The minimum Gasteiger partial charge on any atom is -0.832 e. The second-order valence-corrected chi connectivity index (χ2v) is 0.903. The van der Waals surface area contributed by atoms with Gasteiger partial charge in [-0.2, -0.15) is 0 Å². The van der Waals surface area contributed by atoms with Crippen LogP contribution in [0.15, 0.2) is 0 Å². The van der Waals surface area contributed by atoms with Crippen molar-refractivity contribution in [2.24, 2.45) is 0 Å². The fourth-order valence-electron chi connectivity index (χ4n) is 0. The van der Waals surface area contributed by atoms with Gasteiger partial charge in [0.1, 0.15) is 0 Å². The number of carbonyl (C=O) groups is 1. The molecule has 0 aliphatic heterocycles. The molecule has 0 radical (unpaired) electrons. The van der Waals surface area contributed by atoms with Gasteiger partial charge in [-0.05, 0) is 0 Å². The number of hydrogen-bond acceptors (Lipinski definition) is 4. The van der Waals surface area contributed by atoms with Crippen molar-refractivity contribution in [3.63, 3.8) is 0 Å². The normalized spacial score (nSPS) is 5.78. The average Bonchev–Trinajstić information content (AvgIpc) is 1.25. The van der Waals surface area contributed by atoms with Crippen LogP contribution >= 0.6 is 11.6 Å². The first-order chi connectivity index (χ1) is 3.46. The van der Waals surface area contributed by atoms with Crippen LogP contribution in [0, 0.1) is 0 Å². The van der Waals surface area contributed by atoms with Crippen molar-refractivity contribution in [2.75, 3.05) is 0 Å². The van der Waals surface area contributed by atoms with Crippen molar-refractivity contribution in [2.45, 2.75) is 0 Å². The molecule has 0 atom stereocenters. The van der Waals surface area contributed by atoms with Gasteiger partial charge < -0.3 is 20.2 Å². The largest absolute Gasteiger partial charge is 1.00 e. The van der Waals surface area contributed by atoms with Gasteiger partial charge in [-0.15, -0.1) is 0 Å². The third kappa shape index (κ3) is 3610. The van der Waals surface area contributed by atoms with E-state index in [4.69, 9.17) is 25.0 Å². The zero-order valence-electron chi connectivity index (χ0n) is 4.61. The van der Waals surface area contributed by atoms with E-state index in [2.05, 4.69) is 11.6 Å². The summed E-state index contributed by atoms with van der Waals surface area (Å²) in [6.07, 6.45) is 0. The molecule has 0 aromatic carbocycles. The van der Waals surface area contributed by atoms with Crippen molar-refractivity contribution in [1.82, 2.24) is 0 Å². The molecule has 48 valence electrons. The van der Waals surface area contributed by atoms with Crippen LogP contribution in [-0.2, 0) is 0 Å². The van der Waals surface area contributed by atoms with Gasteiger partial charge in [0.2, 0.25) is 0 Å². The van der Waals surface area contributed by atoms with Gasteiger partial charge >= 0.3 is 31.6 Å². The third-order valence-corrected chi connectivity index (χ3v) is 0. The molecule has 0 saturated heterocycles. The molecule has 0 fully saturated rings. The minimum absolute atomic E-state index is 0. The first-order valence-corrected chi connectivity index (χ1v) is 1.75. The van der Waals surface area contributed by atoms with E-state index in [-0.39, 0.29) is 18.9 Å². The molecule has 0 aliphatic rings. The monoisotopic (exact) mass is 148 g/mol. The summed E-state index contributed by atoms with van der Waals surface area (Å²) in [4.78, 5) is 8.77. The maximum absolute atomic E-state index is 8.77. The molecule has 0 spiro atoms. The Labute approximate surface area is 68.6 Å². The summed E-state index contributed by atoms with van der Waals surface area (Å²) in [5.74, 6) is 0. The second kappa shape index (κ2) is 11.1. The molecule has 0 heterocycles. The molecule has 0 saturated carbocycles. The van der Waals surface area contributed by atoms with E-state index in [0.717, 1.165) is 0 Å². The van der Waals surface area contributed by atoms with Crippen LogP contribution in [0.4, 0.5) is 4.79 Å². The van der Waals surface area contributed by atoms with Gasteiger partial charge in [-0.3, -0.25) is 0 Å². The van der Waals surface area contributed by atoms with Crippen molar-refractivity contribution < 1.29 is 43.8 Å². The summed E-state index contributed by atoms with van der Waals surface area (Å²) in [6, 6.07) is 0. The van der Waals surface area contributed by atoms with Crippen LogP contribution in [0.1, 0.15) is 0 Å². The molecular weight excluding hydrogens is 145 g/mol. The Morgan fingerprint density at radius 2 is 1.56 bits per heavy atom. The molecule has 0 unspecified atom stereocenters. The van der Waals surface area contributed by atoms with Crippen LogP contribution < -0.4 is 23.9 Å². The molecule has 9 heavy (non-hydrogen) atoms. The summed E-state index contributed by atoms with van der Waals surface area (Å²) in [5, 5.41) is 29.9. The first-order valence-electron chi connectivity index (χ1n) is 1.37. The molecule has 0 aromatic heterocycles. The summed E-state index contributed by atoms with van der Waals surface area (Å²) in [7, 11) is -2.42. The summed E-state index contributed by atoms with van der Waals surface area (Å²) in [6.45, 7) is 0. The maximum Gasteiger partial charge on any atom is 1.00 e. The average molecular weight is 148 g/mol. The fraction of sp³-hybridized carbons (Fsp3) is 0. The molecule has 5 nitrogen and oxygen atoms in total. The van der Waals surface area contributed by atoms with Gasteiger partial charge in [0.05, 0.1) is 0 Å². The topological polar surface area (TPSA) is 101 Å². The Balaban J connectivity index is -0.0000000720. The van der Waals surface area contributed by atoms with Gasteiger partial charge in [0.25, 0.3) is 0 Å². The maximum atomic E-state index is 8.77. The van der Waals surface area contributed by atoms with Crippen molar-refractivity contribution in [3.8, 4) is 0 Å². The predicted octanol–water partition coefficient (Wildman–Crippen LogP) is -4.78. The fourth-order valence-corrected chi connectivity index (χ4v) is 0. The number of halogens is 1. The standard InChI is InChI=1S/CHClO2.BH2O3.Li/c2*2-1(3)4;/h(H,3,4);2-3H;/q;-1;+1. The summed E-state index contributed by atoms with van der Waals surface area (Å²) in [5.41, 5.74) is -1.36. The van der Waals surface area contributed by atoms with E-state index < -0.39 is 12.7 Å². The number of rotatable bonds is 0. The molecule has 0 aromatic rings. The quantitative estimate of drug-likeness (QED) is 0.236. The van der Waals surface area contributed by atoms with Gasteiger partial charge in [0, 0.05) is 11.6 Å². The number of hydrogen-bond donors (Lipinski definition) is 3. The second-order valence-electron chi connectivity index (χ2n) is 0.579. The van der Waals surface area contributed by atoms with E-state index in [1.54, 1.807) is 0 Å². The Hall–Kier alpha value is 0.302. The minimum atomic E-state index is -2.42.